The molecule has 1 aliphatic carbocycles. The average Bonchev–Trinajstić information content (AvgIpc) is 1.88. The third kappa shape index (κ3) is 0.150. The van der Waals surface area contributed by atoms with Crippen molar-refractivity contribution in [2.45, 2.75) is 24.6 Å². The summed E-state index contributed by atoms with van der Waals surface area (Å²) < 4.78 is 0. The predicted molar refractivity (Wildman–Crippen MR) is 21.1 cm³/mol. The van der Waals surface area contributed by atoms with Gasteiger partial charge in [0.15, 0.2) is 0 Å². The molecule has 1 saturated heterocycles. The first kappa shape index (κ1) is 2.99. The largest absolute Gasteiger partial charge is 0.374 e. The molecule has 2 fully saturated rings. The highest BCUT2D eigenvalue weighted by Gasteiger charge is 2.59. The monoisotopic (exact) mass is 85.1 g/mol. The van der Waals surface area contributed by atoms with Crippen molar-refractivity contribution in [1.82, 2.24) is 5.32 Å². The topological polar surface area (TPSA) is 42.2 Å². The van der Waals surface area contributed by atoms with Crippen LogP contribution in [0.5, 0.6) is 0 Å². The molecule has 2 aliphatic rings. The van der Waals surface area contributed by atoms with Crippen LogP contribution in [-0.2, 0) is 0 Å². The fraction of sp³-hybridized carbons (Fsp3) is 1.00. The maximum absolute atomic E-state index is 8.88. The second-order valence-corrected chi connectivity index (χ2v) is 2.16. The summed E-state index contributed by atoms with van der Waals surface area (Å²) in [6, 6.07) is 0.484. The summed E-state index contributed by atoms with van der Waals surface area (Å²) >= 11 is 0. The molecule has 0 aromatic carbocycles. The first-order valence-electron chi connectivity index (χ1n) is 2.31. The molecule has 2 nitrogen and oxygen atoms in total. The quantitative estimate of drug-likeness (QED) is 0.387. The zero-order chi connectivity index (χ0) is 4.20. The van der Waals surface area contributed by atoms with Crippen LogP contribution in [0, 0.1) is 0 Å². The van der Waals surface area contributed by atoms with Gasteiger partial charge in [0.1, 0.15) is 5.72 Å². The van der Waals surface area contributed by atoms with Crippen molar-refractivity contribution < 1.29 is 5.11 Å². The van der Waals surface area contributed by atoms with Crippen molar-refractivity contribution in [3.8, 4) is 0 Å². The number of rotatable bonds is 0. The summed E-state index contributed by atoms with van der Waals surface area (Å²) in [5.74, 6) is 0. The molecule has 2 atom stereocenters. The van der Waals surface area contributed by atoms with Crippen LogP contribution in [0.4, 0.5) is 0 Å². The minimum Gasteiger partial charge on any atom is -0.374 e. The Morgan fingerprint density at radius 2 is 2.50 bits per heavy atom. The molecule has 2 rings (SSSR count). The van der Waals surface area contributed by atoms with E-state index in [9.17, 15) is 0 Å². The van der Waals surface area contributed by atoms with Gasteiger partial charge in [-0.25, -0.2) is 0 Å². The van der Waals surface area contributed by atoms with E-state index >= 15 is 0 Å². The van der Waals surface area contributed by atoms with Crippen molar-refractivity contribution in [1.29, 1.82) is 0 Å². The first-order valence-corrected chi connectivity index (χ1v) is 2.31. The number of nitrogens with one attached hydrogen (secondary N) is 1. The molecule has 1 heterocycles. The minimum atomic E-state index is -0.361. The lowest BCUT2D eigenvalue weighted by Gasteiger charge is -2.13. The van der Waals surface area contributed by atoms with Gasteiger partial charge in [-0.3, -0.25) is 5.32 Å². The summed E-state index contributed by atoms with van der Waals surface area (Å²) in [5.41, 5.74) is -0.361. The molecule has 6 heavy (non-hydrogen) atoms. The highest BCUT2D eigenvalue weighted by Crippen LogP contribution is 2.42. The molecule has 0 bridgehead atoms. The Morgan fingerprint density at radius 1 is 1.83 bits per heavy atom. The second kappa shape index (κ2) is 0.532. The molecular weight excluding hydrogens is 78.0 g/mol. The molecule has 2 N–H and O–H groups in total. The van der Waals surface area contributed by atoms with Gasteiger partial charge in [0.25, 0.3) is 0 Å². The maximum Gasteiger partial charge on any atom is 0.131 e. The van der Waals surface area contributed by atoms with Crippen LogP contribution < -0.4 is 5.32 Å². The fourth-order valence-electron chi connectivity index (χ4n) is 0.966. The Bertz CT molecular complexity index is 89.5. The van der Waals surface area contributed by atoms with Crippen LogP contribution in [0.1, 0.15) is 12.8 Å². The smallest absolute Gasteiger partial charge is 0.131 e. The Labute approximate surface area is 36.2 Å². The summed E-state index contributed by atoms with van der Waals surface area (Å²) in [6.45, 7) is 0. The fourth-order valence-corrected chi connectivity index (χ4v) is 0.966. The lowest BCUT2D eigenvalue weighted by molar-refractivity contribution is 0.0853. The number of hydrogen-bond donors (Lipinski definition) is 2. The van der Waals surface area contributed by atoms with E-state index < -0.39 is 0 Å². The van der Waals surface area contributed by atoms with Gasteiger partial charge >= 0.3 is 0 Å². The maximum atomic E-state index is 8.88. The van der Waals surface area contributed by atoms with Gasteiger partial charge in [-0.1, -0.05) is 0 Å². The molecule has 2 heteroatoms. The molecule has 0 spiro atoms. The second-order valence-electron chi connectivity index (χ2n) is 2.16. The molecule has 0 radical (unpaired) electrons. The molecule has 34 valence electrons. The highest BCUT2D eigenvalue weighted by atomic mass is 16.3. The third-order valence-electron chi connectivity index (χ3n) is 1.73. The Hall–Kier alpha value is -0.0800. The number of hydrogen-bond acceptors (Lipinski definition) is 2. The Morgan fingerprint density at radius 3 is 2.50 bits per heavy atom. The van der Waals surface area contributed by atoms with E-state index in [0.717, 1.165) is 6.42 Å². The molecule has 2 unspecified atom stereocenters. The van der Waals surface area contributed by atoms with Crippen LogP contribution in [0.25, 0.3) is 0 Å². The molecule has 1 saturated carbocycles. The number of fused-ring (bicyclic) bond motifs is 1. The zero-order valence-corrected chi connectivity index (χ0v) is 3.44. The van der Waals surface area contributed by atoms with Crippen molar-refractivity contribution in [2.75, 3.05) is 0 Å². The lowest BCUT2D eigenvalue weighted by Crippen LogP contribution is -2.24. The summed E-state index contributed by atoms with van der Waals surface area (Å²) in [6.07, 6.45) is 2.15. The van der Waals surface area contributed by atoms with Crippen LogP contribution in [-0.4, -0.2) is 16.9 Å². The lowest BCUT2D eigenvalue weighted by atomic mass is 9.97. The van der Waals surface area contributed by atoms with Crippen molar-refractivity contribution in [3.63, 3.8) is 0 Å². The van der Waals surface area contributed by atoms with E-state index in [1.807, 2.05) is 0 Å². The standard InChI is InChI=1S/C4H7NO/c6-4-2-1-3(4)5-4/h3,5-6H,1-2H2. The third-order valence-corrected chi connectivity index (χ3v) is 1.73. The van der Waals surface area contributed by atoms with Crippen LogP contribution in [0.2, 0.25) is 0 Å². The van der Waals surface area contributed by atoms with Gasteiger partial charge in [0.05, 0.1) is 6.04 Å². The van der Waals surface area contributed by atoms with Gasteiger partial charge < -0.3 is 5.11 Å². The molecule has 0 aromatic rings. The van der Waals surface area contributed by atoms with Gasteiger partial charge in [-0.2, -0.15) is 0 Å². The van der Waals surface area contributed by atoms with Gasteiger partial charge in [-0.15, -0.1) is 0 Å². The summed E-state index contributed by atoms with van der Waals surface area (Å²) in [4.78, 5) is 0. The normalized spacial score (nSPS) is 62.5. The van der Waals surface area contributed by atoms with Crippen molar-refractivity contribution in [2.24, 2.45) is 0 Å². The van der Waals surface area contributed by atoms with Gasteiger partial charge in [-0.05, 0) is 12.8 Å². The Balaban J connectivity index is 2.22. The predicted octanol–water partition coefficient (Wildman–Crippen LogP) is -0.559. The van der Waals surface area contributed by atoms with E-state index in [1.165, 1.54) is 6.42 Å². The zero-order valence-electron chi connectivity index (χ0n) is 3.44. The molecular formula is C4H7NO. The van der Waals surface area contributed by atoms with Crippen LogP contribution in [0.15, 0.2) is 0 Å². The van der Waals surface area contributed by atoms with E-state index in [0.29, 0.717) is 6.04 Å². The highest BCUT2D eigenvalue weighted by molar-refractivity contribution is 5.14. The van der Waals surface area contributed by atoms with E-state index in [2.05, 4.69) is 5.32 Å². The molecule has 0 amide bonds. The number of aliphatic hydroxyl groups is 1. The average molecular weight is 85.1 g/mol. The minimum absolute atomic E-state index is 0.361. The van der Waals surface area contributed by atoms with Gasteiger partial charge in [0, 0.05) is 0 Å². The SMILES string of the molecule is OC12CCC1N2. The van der Waals surface area contributed by atoms with E-state index in [4.69, 9.17) is 5.11 Å². The van der Waals surface area contributed by atoms with Crippen molar-refractivity contribution in [3.05, 3.63) is 0 Å². The Kier molecular flexibility index (Phi) is 0.265. The summed E-state index contributed by atoms with van der Waals surface area (Å²) in [7, 11) is 0. The summed E-state index contributed by atoms with van der Waals surface area (Å²) in [5, 5.41) is 11.8. The first-order chi connectivity index (χ1) is 2.81. The van der Waals surface area contributed by atoms with Crippen LogP contribution in [0.3, 0.4) is 0 Å². The van der Waals surface area contributed by atoms with E-state index in [-0.39, 0.29) is 5.72 Å². The van der Waals surface area contributed by atoms with Gasteiger partial charge in [0.2, 0.25) is 0 Å². The molecule has 1 aliphatic heterocycles. The van der Waals surface area contributed by atoms with Crippen LogP contribution >= 0.6 is 0 Å². The molecule has 0 aromatic heterocycles. The van der Waals surface area contributed by atoms with E-state index in [1.54, 1.807) is 0 Å². The van der Waals surface area contributed by atoms with Crippen molar-refractivity contribution >= 4 is 0 Å².